The Morgan fingerprint density at radius 1 is 1.03 bits per heavy atom. The van der Waals surface area contributed by atoms with Crippen molar-refractivity contribution in [3.63, 3.8) is 0 Å². The highest BCUT2D eigenvalue weighted by atomic mass is 32.2. The number of carbonyl (C=O) groups excluding carboxylic acids is 1. The third kappa shape index (κ3) is 5.72. The van der Waals surface area contributed by atoms with Crippen LogP contribution in [-0.2, 0) is 14.6 Å². The number of nitrogens with zero attached hydrogens (tertiary/aromatic N) is 3. The number of carbonyl (C=O) groups is 1. The lowest BCUT2D eigenvalue weighted by atomic mass is 10.1. The molecule has 2 aromatic carbocycles. The summed E-state index contributed by atoms with van der Waals surface area (Å²) < 4.78 is 26.1. The molecule has 1 aliphatic rings. The van der Waals surface area contributed by atoms with Crippen molar-refractivity contribution in [2.24, 2.45) is 0 Å². The maximum atomic E-state index is 12.4. The minimum Gasteiger partial charge on any atom is -0.354 e. The van der Waals surface area contributed by atoms with Gasteiger partial charge in [0.15, 0.2) is 15.0 Å². The zero-order valence-electron chi connectivity index (χ0n) is 19.3. The van der Waals surface area contributed by atoms with Gasteiger partial charge < -0.3 is 10.2 Å². The fourth-order valence-corrected chi connectivity index (χ4v) is 6.30. The van der Waals surface area contributed by atoms with Gasteiger partial charge in [0, 0.05) is 39.3 Å². The molecule has 0 aliphatic carbocycles. The molecule has 1 aliphatic heterocycles. The molecule has 1 aromatic heterocycles. The van der Waals surface area contributed by atoms with E-state index in [0.29, 0.717) is 13.1 Å². The van der Waals surface area contributed by atoms with Gasteiger partial charge in [-0.05, 0) is 50.1 Å². The molecule has 3 aromatic rings. The normalized spacial score (nSPS) is 15.2. The van der Waals surface area contributed by atoms with Crippen LogP contribution in [0.5, 0.6) is 0 Å². The summed E-state index contributed by atoms with van der Waals surface area (Å²) in [6.45, 7) is 10.8. The van der Waals surface area contributed by atoms with E-state index in [1.165, 1.54) is 15.8 Å². The fourth-order valence-electron chi connectivity index (χ4n) is 4.07. The second-order valence-corrected chi connectivity index (χ2v) is 11.6. The first-order valence-electron chi connectivity index (χ1n) is 11.1. The van der Waals surface area contributed by atoms with E-state index in [0.717, 1.165) is 42.4 Å². The molecule has 0 radical (unpaired) electrons. The molecular formula is C24H30N4O3S2. The number of fused-ring (bicyclic) bond motifs is 1. The monoisotopic (exact) mass is 486 g/mol. The topological polar surface area (TPSA) is 82.6 Å². The first kappa shape index (κ1) is 23.7. The van der Waals surface area contributed by atoms with Crippen LogP contribution in [0.3, 0.4) is 0 Å². The van der Waals surface area contributed by atoms with Gasteiger partial charge in [-0.15, -0.1) is 0 Å². The van der Waals surface area contributed by atoms with Crippen molar-refractivity contribution < 1.29 is 13.2 Å². The summed E-state index contributed by atoms with van der Waals surface area (Å²) >= 11 is 1.75. The number of benzene rings is 2. The Labute approximate surface area is 199 Å². The van der Waals surface area contributed by atoms with E-state index >= 15 is 0 Å². The van der Waals surface area contributed by atoms with Gasteiger partial charge in [-0.2, -0.15) is 0 Å². The molecule has 1 saturated heterocycles. The molecule has 0 saturated carbocycles. The highest BCUT2D eigenvalue weighted by Crippen LogP contribution is 2.32. The number of amides is 1. The Hall–Kier alpha value is -2.49. The zero-order chi connectivity index (χ0) is 23.6. The SMILES string of the molecule is Cc1ccc(S(=O)(=O)CC(=O)NCCN2CCN(c3nc4cc(C)cc(C)c4s3)CC2)cc1. The molecule has 7 nitrogen and oxygen atoms in total. The van der Waals surface area contributed by atoms with Crippen molar-refractivity contribution in [3.8, 4) is 0 Å². The molecule has 0 atom stereocenters. The van der Waals surface area contributed by atoms with Gasteiger partial charge in [0.25, 0.3) is 0 Å². The van der Waals surface area contributed by atoms with Crippen LogP contribution in [0, 0.1) is 20.8 Å². The Morgan fingerprint density at radius 2 is 1.73 bits per heavy atom. The molecule has 1 amide bonds. The third-order valence-corrected chi connectivity index (χ3v) is 8.80. The van der Waals surface area contributed by atoms with Crippen molar-refractivity contribution >= 4 is 42.4 Å². The van der Waals surface area contributed by atoms with Crippen LogP contribution < -0.4 is 10.2 Å². The zero-order valence-corrected chi connectivity index (χ0v) is 20.9. The summed E-state index contributed by atoms with van der Waals surface area (Å²) in [6, 6.07) is 10.9. The van der Waals surface area contributed by atoms with Gasteiger partial charge in [0.05, 0.1) is 15.1 Å². The predicted octanol–water partition coefficient (Wildman–Crippen LogP) is 2.93. The summed E-state index contributed by atoms with van der Waals surface area (Å²) in [5.74, 6) is -0.991. The van der Waals surface area contributed by atoms with Gasteiger partial charge >= 0.3 is 0 Å². The van der Waals surface area contributed by atoms with E-state index in [9.17, 15) is 13.2 Å². The number of sulfone groups is 1. The van der Waals surface area contributed by atoms with Crippen molar-refractivity contribution in [1.82, 2.24) is 15.2 Å². The summed E-state index contributed by atoms with van der Waals surface area (Å²) in [5.41, 5.74) is 4.55. The molecule has 0 spiro atoms. The molecule has 1 fully saturated rings. The molecule has 176 valence electrons. The van der Waals surface area contributed by atoms with Gasteiger partial charge in [-0.3, -0.25) is 9.69 Å². The lowest BCUT2D eigenvalue weighted by molar-refractivity contribution is -0.118. The largest absolute Gasteiger partial charge is 0.354 e. The van der Waals surface area contributed by atoms with E-state index in [-0.39, 0.29) is 4.90 Å². The first-order chi connectivity index (χ1) is 15.7. The molecule has 2 heterocycles. The number of hydrogen-bond donors (Lipinski definition) is 1. The van der Waals surface area contributed by atoms with Crippen LogP contribution >= 0.6 is 11.3 Å². The van der Waals surface area contributed by atoms with Crippen LogP contribution in [-0.4, -0.2) is 69.2 Å². The summed E-state index contributed by atoms with van der Waals surface area (Å²) in [7, 11) is -3.62. The molecule has 33 heavy (non-hydrogen) atoms. The molecule has 1 N–H and O–H groups in total. The van der Waals surface area contributed by atoms with E-state index in [4.69, 9.17) is 4.98 Å². The number of aryl methyl sites for hydroxylation is 3. The Balaban J connectivity index is 1.23. The second kappa shape index (κ2) is 9.79. The molecule has 4 rings (SSSR count). The molecular weight excluding hydrogens is 456 g/mol. The first-order valence-corrected chi connectivity index (χ1v) is 13.6. The summed E-state index contributed by atoms with van der Waals surface area (Å²) in [5, 5.41) is 3.82. The lowest BCUT2D eigenvalue weighted by Crippen LogP contribution is -2.48. The standard InChI is InChI=1S/C24H30N4O3S2/c1-17-4-6-20(7-5-17)33(30,31)16-22(29)25-8-9-27-10-12-28(13-11-27)24-26-21-15-18(2)14-19(3)23(21)32-24/h4-7,14-15H,8-13,16H2,1-3H3,(H,25,29). The van der Waals surface area contributed by atoms with Gasteiger partial charge in [0.1, 0.15) is 5.75 Å². The quantitative estimate of drug-likeness (QED) is 0.553. The second-order valence-electron chi connectivity index (χ2n) is 8.68. The van der Waals surface area contributed by atoms with Crippen LogP contribution in [0.2, 0.25) is 0 Å². The molecule has 9 heteroatoms. The maximum absolute atomic E-state index is 12.4. The summed E-state index contributed by atoms with van der Waals surface area (Å²) in [4.78, 5) is 21.8. The van der Waals surface area contributed by atoms with Crippen molar-refractivity contribution in [3.05, 3.63) is 53.1 Å². The van der Waals surface area contributed by atoms with Crippen LogP contribution in [0.1, 0.15) is 16.7 Å². The van der Waals surface area contributed by atoms with Crippen molar-refractivity contribution in [1.29, 1.82) is 0 Å². The Bertz CT molecular complexity index is 1240. The van der Waals surface area contributed by atoms with E-state index in [2.05, 4.69) is 41.1 Å². The average molecular weight is 487 g/mol. The summed E-state index contributed by atoms with van der Waals surface area (Å²) in [6.07, 6.45) is 0. The van der Waals surface area contributed by atoms with E-state index in [1.807, 2.05) is 6.92 Å². The highest BCUT2D eigenvalue weighted by molar-refractivity contribution is 7.92. The van der Waals surface area contributed by atoms with Crippen LogP contribution in [0.4, 0.5) is 5.13 Å². The number of aromatic nitrogens is 1. The van der Waals surface area contributed by atoms with E-state index in [1.54, 1.807) is 35.6 Å². The number of anilines is 1. The maximum Gasteiger partial charge on any atom is 0.235 e. The van der Waals surface area contributed by atoms with E-state index < -0.39 is 21.5 Å². The molecule has 0 unspecified atom stereocenters. The average Bonchev–Trinajstić information content (AvgIpc) is 3.18. The third-order valence-electron chi connectivity index (χ3n) is 5.90. The number of thiazole rings is 1. The van der Waals surface area contributed by atoms with Crippen molar-refractivity contribution in [2.45, 2.75) is 25.7 Å². The smallest absolute Gasteiger partial charge is 0.235 e. The predicted molar refractivity (Wildman–Crippen MR) is 134 cm³/mol. The Kier molecular flexibility index (Phi) is 7.02. The molecule has 0 bridgehead atoms. The highest BCUT2D eigenvalue weighted by Gasteiger charge is 2.22. The number of rotatable bonds is 7. The van der Waals surface area contributed by atoms with Gasteiger partial charge in [-0.1, -0.05) is 35.1 Å². The fraction of sp³-hybridized carbons (Fsp3) is 0.417. The number of nitrogens with one attached hydrogen (secondary N) is 1. The minimum absolute atomic E-state index is 0.180. The Morgan fingerprint density at radius 3 is 2.42 bits per heavy atom. The van der Waals surface area contributed by atoms with Gasteiger partial charge in [0.2, 0.25) is 5.91 Å². The number of hydrogen-bond acceptors (Lipinski definition) is 7. The number of piperazine rings is 1. The minimum atomic E-state index is -3.62. The van der Waals surface area contributed by atoms with Crippen LogP contribution in [0.25, 0.3) is 10.2 Å². The van der Waals surface area contributed by atoms with Crippen LogP contribution in [0.15, 0.2) is 41.3 Å². The van der Waals surface area contributed by atoms with Gasteiger partial charge in [-0.25, -0.2) is 13.4 Å². The van der Waals surface area contributed by atoms with Crippen molar-refractivity contribution in [2.75, 3.05) is 49.9 Å². The lowest BCUT2D eigenvalue weighted by Gasteiger charge is -2.34.